The fourth-order valence-electron chi connectivity index (χ4n) is 4.14. The molecular formula is C31H30ClN3O5. The predicted octanol–water partition coefficient (Wildman–Crippen LogP) is 6.45. The van der Waals surface area contributed by atoms with Gasteiger partial charge in [-0.15, -0.1) is 0 Å². The minimum absolute atomic E-state index is 0.0854. The van der Waals surface area contributed by atoms with Crippen LogP contribution in [-0.4, -0.2) is 30.3 Å². The van der Waals surface area contributed by atoms with E-state index in [4.69, 9.17) is 16.3 Å². The van der Waals surface area contributed by atoms with Crippen LogP contribution in [0.2, 0.25) is 0 Å². The highest BCUT2D eigenvalue weighted by atomic mass is 35.5. The maximum absolute atomic E-state index is 13.1. The molecule has 0 saturated carbocycles. The molecule has 0 fully saturated rings. The molecule has 3 aromatic carbocycles. The second-order valence-electron chi connectivity index (χ2n) is 9.57. The lowest BCUT2D eigenvalue weighted by Gasteiger charge is -2.16. The smallest absolute Gasteiger partial charge is 0.338 e. The Hall–Kier alpha value is -4.43. The molecule has 9 heteroatoms. The largest absolute Gasteiger partial charge is 0.462 e. The number of unbranched alkanes of at least 4 members (excludes halogenated alkanes) is 1. The SMILES string of the molecule is CCCCOC(=O)c1ccc(N2C(=O)C(Cl)=C(Nc3ccc(C(=O)Nc4ccccc4C(C)C)cc3)C2=O)cc1. The average Bonchev–Trinajstić information content (AvgIpc) is 3.16. The van der Waals surface area contributed by atoms with Crippen LogP contribution in [0.25, 0.3) is 0 Å². The fraction of sp³-hybridized carbons (Fsp3) is 0.226. The molecule has 40 heavy (non-hydrogen) atoms. The van der Waals surface area contributed by atoms with E-state index in [1.165, 1.54) is 24.3 Å². The molecular weight excluding hydrogens is 530 g/mol. The Morgan fingerprint density at radius 3 is 2.20 bits per heavy atom. The van der Waals surface area contributed by atoms with Crippen LogP contribution in [0.1, 0.15) is 65.8 Å². The summed E-state index contributed by atoms with van der Waals surface area (Å²) in [6.07, 6.45) is 1.67. The Labute approximate surface area is 238 Å². The summed E-state index contributed by atoms with van der Waals surface area (Å²) >= 11 is 6.25. The number of imide groups is 1. The van der Waals surface area contributed by atoms with Gasteiger partial charge < -0.3 is 15.4 Å². The van der Waals surface area contributed by atoms with Crippen LogP contribution < -0.4 is 15.5 Å². The number of benzene rings is 3. The molecule has 0 saturated heterocycles. The van der Waals surface area contributed by atoms with Gasteiger partial charge in [0.1, 0.15) is 10.7 Å². The summed E-state index contributed by atoms with van der Waals surface area (Å²) in [6.45, 7) is 6.44. The topological polar surface area (TPSA) is 105 Å². The van der Waals surface area contributed by atoms with Gasteiger partial charge in [0.15, 0.2) is 0 Å². The van der Waals surface area contributed by atoms with Gasteiger partial charge in [-0.25, -0.2) is 9.69 Å². The number of hydrogen-bond acceptors (Lipinski definition) is 6. The Morgan fingerprint density at radius 1 is 0.900 bits per heavy atom. The van der Waals surface area contributed by atoms with E-state index in [1.54, 1.807) is 24.3 Å². The first-order valence-electron chi connectivity index (χ1n) is 13.0. The molecule has 0 unspecified atom stereocenters. The molecule has 0 radical (unpaired) electrons. The minimum Gasteiger partial charge on any atom is -0.462 e. The lowest BCUT2D eigenvalue weighted by molar-refractivity contribution is -0.120. The molecule has 1 aliphatic heterocycles. The summed E-state index contributed by atoms with van der Waals surface area (Å²) in [5.41, 5.74) is 3.17. The number of anilines is 3. The molecule has 1 heterocycles. The highest BCUT2D eigenvalue weighted by Crippen LogP contribution is 2.31. The average molecular weight is 560 g/mol. The first-order chi connectivity index (χ1) is 19.2. The van der Waals surface area contributed by atoms with Gasteiger partial charge in [-0.3, -0.25) is 14.4 Å². The van der Waals surface area contributed by atoms with E-state index >= 15 is 0 Å². The van der Waals surface area contributed by atoms with Crippen molar-refractivity contribution in [3.05, 3.63) is 100 Å². The number of halogens is 1. The Morgan fingerprint density at radius 2 is 1.55 bits per heavy atom. The van der Waals surface area contributed by atoms with Crippen LogP contribution >= 0.6 is 11.6 Å². The lowest BCUT2D eigenvalue weighted by atomic mass is 10.0. The van der Waals surface area contributed by atoms with Gasteiger partial charge in [0.2, 0.25) is 0 Å². The molecule has 0 spiro atoms. The van der Waals surface area contributed by atoms with Crippen LogP contribution in [0.4, 0.5) is 17.1 Å². The first-order valence-corrected chi connectivity index (χ1v) is 13.4. The number of nitrogens with one attached hydrogen (secondary N) is 2. The molecule has 0 aromatic heterocycles. The Kier molecular flexibility index (Phi) is 9.01. The van der Waals surface area contributed by atoms with Crippen molar-refractivity contribution in [1.82, 2.24) is 0 Å². The van der Waals surface area contributed by atoms with Gasteiger partial charge in [0.05, 0.1) is 17.9 Å². The molecule has 3 amide bonds. The van der Waals surface area contributed by atoms with E-state index in [9.17, 15) is 19.2 Å². The van der Waals surface area contributed by atoms with Gasteiger partial charge in [-0.05, 0) is 72.5 Å². The number of carbonyl (C=O) groups excluding carboxylic acids is 4. The molecule has 0 aliphatic carbocycles. The van der Waals surface area contributed by atoms with Crippen LogP contribution in [0.3, 0.4) is 0 Å². The Balaban J connectivity index is 1.43. The molecule has 0 atom stereocenters. The first kappa shape index (κ1) is 28.6. The maximum atomic E-state index is 13.1. The van der Waals surface area contributed by atoms with Crippen LogP contribution in [0.15, 0.2) is 83.5 Å². The van der Waals surface area contributed by atoms with E-state index in [-0.39, 0.29) is 28.2 Å². The summed E-state index contributed by atoms with van der Waals surface area (Å²) in [7, 11) is 0. The molecule has 2 N–H and O–H groups in total. The molecule has 3 aromatic rings. The highest BCUT2D eigenvalue weighted by molar-refractivity contribution is 6.53. The normalized spacial score (nSPS) is 13.2. The number of hydrogen-bond donors (Lipinski definition) is 2. The standard InChI is InChI=1S/C31H30ClN3O5/c1-4-5-18-40-31(39)21-12-16-23(17-13-21)35-29(37)26(32)27(30(35)38)33-22-14-10-20(11-15-22)28(36)34-25-9-7-6-8-24(25)19(2)3/h6-17,19,33H,4-5,18H2,1-3H3,(H,34,36). The summed E-state index contributed by atoms with van der Waals surface area (Å²) < 4.78 is 5.19. The minimum atomic E-state index is -0.688. The van der Waals surface area contributed by atoms with Gasteiger partial charge in [0.25, 0.3) is 17.7 Å². The maximum Gasteiger partial charge on any atom is 0.338 e. The van der Waals surface area contributed by atoms with E-state index < -0.39 is 17.8 Å². The number of para-hydroxylation sites is 1. The van der Waals surface area contributed by atoms with Crippen molar-refractivity contribution in [1.29, 1.82) is 0 Å². The zero-order valence-corrected chi connectivity index (χ0v) is 23.2. The summed E-state index contributed by atoms with van der Waals surface area (Å²) in [5, 5.41) is 5.58. The molecule has 8 nitrogen and oxygen atoms in total. The van der Waals surface area contributed by atoms with E-state index in [1.807, 2.05) is 31.2 Å². The van der Waals surface area contributed by atoms with Crippen LogP contribution in [0.5, 0.6) is 0 Å². The zero-order valence-electron chi connectivity index (χ0n) is 22.5. The van der Waals surface area contributed by atoms with Crippen molar-refractivity contribution >= 4 is 52.4 Å². The number of carbonyl (C=O) groups is 4. The second kappa shape index (κ2) is 12.6. The van der Waals surface area contributed by atoms with Crippen molar-refractivity contribution in [3.63, 3.8) is 0 Å². The van der Waals surface area contributed by atoms with Crippen molar-refractivity contribution < 1.29 is 23.9 Å². The molecule has 4 rings (SSSR count). The second-order valence-corrected chi connectivity index (χ2v) is 9.95. The molecule has 0 bridgehead atoms. The van der Waals surface area contributed by atoms with Gasteiger partial charge in [-0.1, -0.05) is 57.0 Å². The predicted molar refractivity (Wildman–Crippen MR) is 156 cm³/mol. The highest BCUT2D eigenvalue weighted by Gasteiger charge is 2.39. The van der Waals surface area contributed by atoms with E-state index in [0.29, 0.717) is 23.4 Å². The number of esters is 1. The zero-order chi connectivity index (χ0) is 28.8. The third kappa shape index (κ3) is 6.24. The lowest BCUT2D eigenvalue weighted by Crippen LogP contribution is -2.32. The molecule has 206 valence electrons. The third-order valence-corrected chi connectivity index (χ3v) is 6.72. The van der Waals surface area contributed by atoms with Crippen LogP contribution in [-0.2, 0) is 14.3 Å². The monoisotopic (exact) mass is 559 g/mol. The van der Waals surface area contributed by atoms with Crippen LogP contribution in [0, 0.1) is 0 Å². The number of amides is 3. The fourth-order valence-corrected chi connectivity index (χ4v) is 4.36. The third-order valence-electron chi connectivity index (χ3n) is 6.37. The summed E-state index contributed by atoms with van der Waals surface area (Å²) in [4.78, 5) is 51.9. The number of nitrogens with zero attached hydrogens (tertiary/aromatic N) is 1. The van der Waals surface area contributed by atoms with Crippen molar-refractivity contribution in [2.75, 3.05) is 22.1 Å². The number of rotatable bonds is 10. The number of ether oxygens (including phenoxy) is 1. The Bertz CT molecular complexity index is 1460. The quantitative estimate of drug-likeness (QED) is 0.168. The summed E-state index contributed by atoms with van der Waals surface area (Å²) in [5.74, 6) is -1.82. The van der Waals surface area contributed by atoms with Gasteiger partial charge >= 0.3 is 5.97 Å². The van der Waals surface area contributed by atoms with Gasteiger partial charge in [-0.2, -0.15) is 0 Å². The van der Waals surface area contributed by atoms with Gasteiger partial charge in [0, 0.05) is 16.9 Å². The van der Waals surface area contributed by atoms with Crippen molar-refractivity contribution in [3.8, 4) is 0 Å². The van der Waals surface area contributed by atoms with Crippen molar-refractivity contribution in [2.24, 2.45) is 0 Å². The van der Waals surface area contributed by atoms with E-state index in [2.05, 4.69) is 24.5 Å². The molecule has 1 aliphatic rings. The summed E-state index contributed by atoms with van der Waals surface area (Å²) in [6, 6.07) is 20.1. The van der Waals surface area contributed by atoms with Crippen molar-refractivity contribution in [2.45, 2.75) is 39.5 Å². The van der Waals surface area contributed by atoms with E-state index in [0.717, 1.165) is 29.0 Å².